The van der Waals surface area contributed by atoms with Crippen LogP contribution in [0.25, 0.3) is 0 Å². The molecule has 0 aromatic heterocycles. The SMILES string of the molecule is CSCCN(C)c1cc(F)cc([N+](=O)[O-])c1. The van der Waals surface area contributed by atoms with Gasteiger partial charge in [-0.2, -0.15) is 11.8 Å². The average molecular weight is 244 g/mol. The predicted octanol–water partition coefficient (Wildman–Crippen LogP) is 2.53. The summed E-state index contributed by atoms with van der Waals surface area (Å²) in [5.74, 6) is 0.307. The van der Waals surface area contributed by atoms with Crippen molar-refractivity contribution in [3.05, 3.63) is 34.1 Å². The number of anilines is 1. The fourth-order valence-corrected chi connectivity index (χ4v) is 1.70. The zero-order chi connectivity index (χ0) is 12.1. The Labute approximate surface area is 97.6 Å². The van der Waals surface area contributed by atoms with E-state index in [0.717, 1.165) is 18.4 Å². The van der Waals surface area contributed by atoms with E-state index in [0.29, 0.717) is 5.69 Å². The summed E-state index contributed by atoms with van der Waals surface area (Å²) in [6.45, 7) is 0.724. The Bertz CT molecular complexity index is 387. The van der Waals surface area contributed by atoms with Crippen LogP contribution in [0.1, 0.15) is 0 Å². The molecular formula is C10H13FN2O2S. The molecule has 0 aliphatic rings. The third kappa shape index (κ3) is 3.37. The van der Waals surface area contributed by atoms with Crippen LogP contribution in [-0.4, -0.2) is 30.5 Å². The maximum Gasteiger partial charge on any atom is 0.274 e. The van der Waals surface area contributed by atoms with E-state index in [4.69, 9.17) is 0 Å². The lowest BCUT2D eigenvalue weighted by atomic mass is 10.2. The highest BCUT2D eigenvalue weighted by molar-refractivity contribution is 7.98. The standard InChI is InChI=1S/C10H13FN2O2S/c1-12(3-4-16-2)9-5-8(11)6-10(7-9)13(14)15/h5-7H,3-4H2,1-2H3. The van der Waals surface area contributed by atoms with Crippen LogP contribution in [-0.2, 0) is 0 Å². The number of non-ortho nitro benzene ring substituents is 1. The normalized spacial score (nSPS) is 10.2. The number of benzene rings is 1. The zero-order valence-electron chi connectivity index (χ0n) is 9.14. The molecule has 0 saturated heterocycles. The van der Waals surface area contributed by atoms with E-state index in [1.165, 1.54) is 12.1 Å². The number of hydrogen-bond donors (Lipinski definition) is 0. The molecule has 6 heteroatoms. The molecule has 0 saturated carbocycles. The largest absolute Gasteiger partial charge is 0.373 e. The first-order chi connectivity index (χ1) is 7.54. The van der Waals surface area contributed by atoms with E-state index in [2.05, 4.69) is 0 Å². The van der Waals surface area contributed by atoms with Gasteiger partial charge in [-0.05, 0) is 12.3 Å². The number of hydrogen-bond acceptors (Lipinski definition) is 4. The third-order valence-corrected chi connectivity index (χ3v) is 2.74. The maximum atomic E-state index is 13.1. The molecule has 0 bridgehead atoms. The fourth-order valence-electron chi connectivity index (χ4n) is 1.24. The van der Waals surface area contributed by atoms with Gasteiger partial charge >= 0.3 is 0 Å². The van der Waals surface area contributed by atoms with E-state index in [9.17, 15) is 14.5 Å². The zero-order valence-corrected chi connectivity index (χ0v) is 9.96. The lowest BCUT2D eigenvalue weighted by Crippen LogP contribution is -2.20. The van der Waals surface area contributed by atoms with Crippen molar-refractivity contribution >= 4 is 23.1 Å². The molecule has 0 amide bonds. The molecule has 0 atom stereocenters. The third-order valence-electron chi connectivity index (χ3n) is 2.15. The van der Waals surface area contributed by atoms with Gasteiger partial charge in [0.25, 0.3) is 5.69 Å². The average Bonchev–Trinajstić information content (AvgIpc) is 2.24. The first-order valence-electron chi connectivity index (χ1n) is 4.69. The summed E-state index contributed by atoms with van der Waals surface area (Å²) >= 11 is 1.67. The summed E-state index contributed by atoms with van der Waals surface area (Å²) in [6.07, 6.45) is 1.97. The van der Waals surface area contributed by atoms with Gasteiger partial charge in [0.15, 0.2) is 0 Å². The van der Waals surface area contributed by atoms with Crippen molar-refractivity contribution in [2.75, 3.05) is 30.5 Å². The minimum absolute atomic E-state index is 0.217. The molecule has 0 N–H and O–H groups in total. The topological polar surface area (TPSA) is 46.4 Å². The van der Waals surface area contributed by atoms with Gasteiger partial charge in [0, 0.05) is 31.1 Å². The lowest BCUT2D eigenvalue weighted by molar-refractivity contribution is -0.385. The number of nitro benzene ring substituents is 1. The molecule has 0 aliphatic heterocycles. The summed E-state index contributed by atoms with van der Waals surface area (Å²) in [7, 11) is 1.79. The molecule has 0 unspecified atom stereocenters. The Hall–Kier alpha value is -1.30. The van der Waals surface area contributed by atoms with Crippen LogP contribution in [0.5, 0.6) is 0 Å². The van der Waals surface area contributed by atoms with Crippen molar-refractivity contribution in [1.82, 2.24) is 0 Å². The first kappa shape index (κ1) is 12.8. The van der Waals surface area contributed by atoms with Crippen molar-refractivity contribution in [3.8, 4) is 0 Å². The second kappa shape index (κ2) is 5.69. The number of nitrogens with zero attached hydrogens (tertiary/aromatic N) is 2. The molecule has 0 spiro atoms. The Morgan fingerprint density at radius 3 is 2.75 bits per heavy atom. The van der Waals surface area contributed by atoms with Crippen LogP contribution in [0.2, 0.25) is 0 Å². The quantitative estimate of drug-likeness (QED) is 0.590. The molecule has 88 valence electrons. The van der Waals surface area contributed by atoms with Gasteiger partial charge in [-0.25, -0.2) is 4.39 Å². The Balaban J connectivity index is 2.91. The van der Waals surface area contributed by atoms with Crippen LogP contribution in [0.15, 0.2) is 18.2 Å². The highest BCUT2D eigenvalue weighted by atomic mass is 32.2. The Morgan fingerprint density at radius 2 is 2.19 bits per heavy atom. The molecule has 0 aliphatic carbocycles. The number of thioether (sulfide) groups is 1. The predicted molar refractivity (Wildman–Crippen MR) is 64.7 cm³/mol. The van der Waals surface area contributed by atoms with Gasteiger partial charge in [-0.3, -0.25) is 10.1 Å². The molecule has 0 fully saturated rings. The Kier molecular flexibility index (Phi) is 4.54. The van der Waals surface area contributed by atoms with Gasteiger partial charge in [0.2, 0.25) is 0 Å². The Morgan fingerprint density at radius 1 is 1.50 bits per heavy atom. The van der Waals surface area contributed by atoms with Crippen LogP contribution in [0, 0.1) is 15.9 Å². The van der Waals surface area contributed by atoms with Crippen molar-refractivity contribution in [2.45, 2.75) is 0 Å². The van der Waals surface area contributed by atoms with E-state index < -0.39 is 10.7 Å². The van der Waals surface area contributed by atoms with Crippen LogP contribution in [0.4, 0.5) is 15.8 Å². The lowest BCUT2D eigenvalue weighted by Gasteiger charge is -2.18. The molecular weight excluding hydrogens is 231 g/mol. The van der Waals surface area contributed by atoms with Gasteiger partial charge in [-0.1, -0.05) is 0 Å². The highest BCUT2D eigenvalue weighted by Gasteiger charge is 2.11. The van der Waals surface area contributed by atoms with E-state index >= 15 is 0 Å². The highest BCUT2D eigenvalue weighted by Crippen LogP contribution is 2.22. The number of rotatable bonds is 5. The van der Waals surface area contributed by atoms with Crippen LogP contribution >= 0.6 is 11.8 Å². The first-order valence-corrected chi connectivity index (χ1v) is 6.09. The van der Waals surface area contributed by atoms with Gasteiger partial charge in [-0.15, -0.1) is 0 Å². The second-order valence-corrected chi connectivity index (χ2v) is 4.32. The monoisotopic (exact) mass is 244 g/mol. The molecule has 1 rings (SSSR count). The minimum atomic E-state index is -0.588. The molecule has 0 radical (unpaired) electrons. The number of halogens is 1. The van der Waals surface area contributed by atoms with Crippen LogP contribution in [0.3, 0.4) is 0 Å². The summed E-state index contributed by atoms with van der Waals surface area (Å²) < 4.78 is 13.1. The van der Waals surface area contributed by atoms with Gasteiger partial charge in [0.1, 0.15) is 5.82 Å². The van der Waals surface area contributed by atoms with Gasteiger partial charge < -0.3 is 4.90 Å². The van der Waals surface area contributed by atoms with E-state index in [1.54, 1.807) is 23.7 Å². The second-order valence-electron chi connectivity index (χ2n) is 3.34. The maximum absolute atomic E-state index is 13.1. The van der Waals surface area contributed by atoms with Gasteiger partial charge in [0.05, 0.1) is 11.0 Å². The van der Waals surface area contributed by atoms with Crippen molar-refractivity contribution in [3.63, 3.8) is 0 Å². The van der Waals surface area contributed by atoms with Crippen LogP contribution < -0.4 is 4.90 Å². The molecule has 4 nitrogen and oxygen atoms in total. The molecule has 1 aromatic carbocycles. The van der Waals surface area contributed by atoms with Crippen molar-refractivity contribution in [2.24, 2.45) is 0 Å². The van der Waals surface area contributed by atoms with Crippen molar-refractivity contribution in [1.29, 1.82) is 0 Å². The molecule has 1 aromatic rings. The van der Waals surface area contributed by atoms with E-state index in [-0.39, 0.29) is 5.69 Å². The number of nitro groups is 1. The summed E-state index contributed by atoms with van der Waals surface area (Å²) in [5, 5.41) is 10.6. The summed E-state index contributed by atoms with van der Waals surface area (Å²) in [4.78, 5) is 11.8. The molecule has 16 heavy (non-hydrogen) atoms. The fraction of sp³-hybridized carbons (Fsp3) is 0.400. The minimum Gasteiger partial charge on any atom is -0.373 e. The molecule has 0 heterocycles. The smallest absolute Gasteiger partial charge is 0.274 e. The summed E-state index contributed by atoms with van der Waals surface area (Å²) in [5.41, 5.74) is 0.312. The van der Waals surface area contributed by atoms with E-state index in [1.807, 2.05) is 6.26 Å². The summed E-state index contributed by atoms with van der Waals surface area (Å²) in [6, 6.07) is 3.60. The van der Waals surface area contributed by atoms with Crippen molar-refractivity contribution < 1.29 is 9.31 Å².